The van der Waals surface area contributed by atoms with Gasteiger partial charge in [-0.1, -0.05) is 5.16 Å². The third-order valence-electron chi connectivity index (χ3n) is 2.66. The van der Waals surface area contributed by atoms with Crippen molar-refractivity contribution >= 4 is 16.9 Å². The Labute approximate surface area is 100 Å². The van der Waals surface area contributed by atoms with Crippen molar-refractivity contribution in [1.29, 1.82) is 0 Å². The summed E-state index contributed by atoms with van der Waals surface area (Å²) < 4.78 is 4.71. The summed E-state index contributed by atoms with van der Waals surface area (Å²) in [6.45, 7) is 0. The van der Waals surface area contributed by atoms with E-state index in [-0.39, 0.29) is 11.5 Å². The molecule has 3 rings (SSSR count). The molecule has 6 nitrogen and oxygen atoms in total. The fraction of sp³-hybridized carbons (Fsp3) is 0. The molecule has 6 heteroatoms. The van der Waals surface area contributed by atoms with E-state index >= 15 is 0 Å². The lowest BCUT2D eigenvalue weighted by atomic mass is 10.1. The van der Waals surface area contributed by atoms with Crippen LogP contribution in [0.25, 0.3) is 22.2 Å². The van der Waals surface area contributed by atoms with Crippen LogP contribution in [-0.2, 0) is 0 Å². The first kappa shape index (κ1) is 10.4. The highest BCUT2D eigenvalue weighted by atomic mass is 16.5. The van der Waals surface area contributed by atoms with Crippen molar-refractivity contribution in [1.82, 2.24) is 10.1 Å². The van der Waals surface area contributed by atoms with Crippen molar-refractivity contribution in [3.05, 3.63) is 36.2 Å². The summed E-state index contributed by atoms with van der Waals surface area (Å²) in [5.41, 5.74) is 1.90. The number of carboxylic acid groups (broad SMARTS) is 1. The van der Waals surface area contributed by atoms with Gasteiger partial charge in [0.25, 0.3) is 0 Å². The predicted molar refractivity (Wildman–Crippen MR) is 62.4 cm³/mol. The molecule has 1 aromatic carbocycles. The number of hydrogen-bond acceptors (Lipinski definition) is 4. The van der Waals surface area contributed by atoms with Gasteiger partial charge >= 0.3 is 5.97 Å². The zero-order valence-corrected chi connectivity index (χ0v) is 9.04. The lowest BCUT2D eigenvalue weighted by Gasteiger charge is -1.94. The molecule has 3 N–H and O–H groups in total. The molecular weight excluding hydrogens is 236 g/mol. The molecule has 2 aromatic heterocycles. The number of aromatic carboxylic acids is 1. The summed E-state index contributed by atoms with van der Waals surface area (Å²) in [5.74, 6) is -1.22. The Kier molecular flexibility index (Phi) is 2.09. The maximum Gasteiger partial charge on any atom is 0.374 e. The third kappa shape index (κ3) is 1.51. The molecule has 90 valence electrons. The van der Waals surface area contributed by atoms with Gasteiger partial charge in [0.15, 0.2) is 0 Å². The number of phenolic OH excluding ortho intramolecular Hbond substituents is 1. The van der Waals surface area contributed by atoms with E-state index in [1.54, 1.807) is 24.4 Å². The number of rotatable bonds is 2. The van der Waals surface area contributed by atoms with Crippen LogP contribution in [0, 0.1) is 0 Å². The van der Waals surface area contributed by atoms with Gasteiger partial charge < -0.3 is 19.7 Å². The van der Waals surface area contributed by atoms with Gasteiger partial charge in [0.2, 0.25) is 5.76 Å². The number of phenols is 1. The van der Waals surface area contributed by atoms with E-state index in [2.05, 4.69) is 10.1 Å². The van der Waals surface area contributed by atoms with Crippen molar-refractivity contribution in [2.45, 2.75) is 0 Å². The van der Waals surface area contributed by atoms with Crippen LogP contribution in [0.2, 0.25) is 0 Å². The Balaban J connectivity index is 2.16. The third-order valence-corrected chi connectivity index (χ3v) is 2.66. The average molecular weight is 244 g/mol. The molecule has 0 aliphatic heterocycles. The Morgan fingerprint density at radius 2 is 2.17 bits per heavy atom. The molecule has 0 amide bonds. The van der Waals surface area contributed by atoms with Crippen LogP contribution in [0.3, 0.4) is 0 Å². The molecule has 0 fully saturated rings. The van der Waals surface area contributed by atoms with Crippen LogP contribution in [0.15, 0.2) is 35.0 Å². The molecule has 0 bridgehead atoms. The SMILES string of the molecule is O=C(O)c1cc(-c2c[nH]c3cc(O)ccc23)no1. The van der Waals surface area contributed by atoms with Crippen molar-refractivity contribution in [2.24, 2.45) is 0 Å². The standard InChI is InChI=1S/C12H8N2O4/c15-6-1-2-7-8(5-13-9(7)3-6)10-4-11(12(16)17)18-14-10/h1-5,13,15H,(H,16,17). The number of aromatic nitrogens is 2. The number of aromatic hydroxyl groups is 1. The lowest BCUT2D eigenvalue weighted by molar-refractivity contribution is 0.0652. The number of nitrogens with one attached hydrogen (secondary N) is 1. The Morgan fingerprint density at radius 1 is 1.33 bits per heavy atom. The number of carbonyl (C=O) groups is 1. The summed E-state index contributed by atoms with van der Waals surface area (Å²) in [6.07, 6.45) is 1.69. The number of H-pyrrole nitrogens is 1. The van der Waals surface area contributed by atoms with Gasteiger partial charge in [0.05, 0.1) is 0 Å². The molecule has 0 saturated carbocycles. The molecule has 0 unspecified atom stereocenters. The fourth-order valence-corrected chi connectivity index (χ4v) is 1.83. The van der Waals surface area contributed by atoms with Crippen LogP contribution < -0.4 is 0 Å². The van der Waals surface area contributed by atoms with Crippen LogP contribution in [0.1, 0.15) is 10.6 Å². The number of hydrogen-bond donors (Lipinski definition) is 3. The fourth-order valence-electron chi connectivity index (χ4n) is 1.83. The quantitative estimate of drug-likeness (QED) is 0.641. The zero-order valence-electron chi connectivity index (χ0n) is 9.04. The molecule has 0 atom stereocenters. The maximum atomic E-state index is 10.7. The molecule has 0 spiro atoms. The first-order valence-electron chi connectivity index (χ1n) is 5.15. The second-order valence-electron chi connectivity index (χ2n) is 3.81. The summed E-state index contributed by atoms with van der Waals surface area (Å²) >= 11 is 0. The number of carboxylic acids is 1. The van der Waals surface area contributed by atoms with Crippen molar-refractivity contribution in [3.8, 4) is 17.0 Å². The summed E-state index contributed by atoms with van der Waals surface area (Å²) in [4.78, 5) is 13.7. The summed E-state index contributed by atoms with van der Waals surface area (Å²) in [5, 5.41) is 22.7. The summed E-state index contributed by atoms with van der Waals surface area (Å²) in [6, 6.07) is 6.22. The van der Waals surface area contributed by atoms with E-state index < -0.39 is 5.97 Å². The minimum Gasteiger partial charge on any atom is -0.508 e. The van der Waals surface area contributed by atoms with Crippen LogP contribution in [0.5, 0.6) is 5.75 Å². The largest absolute Gasteiger partial charge is 0.508 e. The molecule has 0 aliphatic carbocycles. The Bertz CT molecular complexity index is 741. The van der Waals surface area contributed by atoms with Gasteiger partial charge in [-0.05, 0) is 12.1 Å². The van der Waals surface area contributed by atoms with E-state index in [9.17, 15) is 9.90 Å². The van der Waals surface area contributed by atoms with E-state index in [0.29, 0.717) is 5.69 Å². The summed E-state index contributed by atoms with van der Waals surface area (Å²) in [7, 11) is 0. The molecule has 0 aliphatic rings. The second-order valence-corrected chi connectivity index (χ2v) is 3.81. The van der Waals surface area contributed by atoms with Gasteiger partial charge in [-0.2, -0.15) is 0 Å². The minimum absolute atomic E-state index is 0.155. The maximum absolute atomic E-state index is 10.7. The number of benzene rings is 1. The lowest BCUT2D eigenvalue weighted by Crippen LogP contribution is -1.91. The topological polar surface area (TPSA) is 99.3 Å². The van der Waals surface area contributed by atoms with Crippen molar-refractivity contribution < 1.29 is 19.5 Å². The van der Waals surface area contributed by atoms with Crippen LogP contribution in [0.4, 0.5) is 0 Å². The van der Waals surface area contributed by atoms with Gasteiger partial charge in [-0.25, -0.2) is 4.79 Å². The average Bonchev–Trinajstić information content (AvgIpc) is 2.92. The number of nitrogens with zero attached hydrogens (tertiary/aromatic N) is 1. The Hall–Kier alpha value is -2.76. The highest BCUT2D eigenvalue weighted by Crippen LogP contribution is 2.30. The van der Waals surface area contributed by atoms with Crippen LogP contribution >= 0.6 is 0 Å². The van der Waals surface area contributed by atoms with Crippen molar-refractivity contribution in [2.75, 3.05) is 0 Å². The highest BCUT2D eigenvalue weighted by molar-refractivity contribution is 5.96. The molecule has 3 aromatic rings. The van der Waals surface area contributed by atoms with Crippen molar-refractivity contribution in [3.63, 3.8) is 0 Å². The minimum atomic E-state index is -1.16. The second kappa shape index (κ2) is 3.63. The first-order chi connectivity index (χ1) is 8.65. The van der Waals surface area contributed by atoms with Gasteiger partial charge in [0, 0.05) is 34.8 Å². The van der Waals surface area contributed by atoms with Gasteiger partial charge in [0.1, 0.15) is 11.4 Å². The molecule has 2 heterocycles. The van der Waals surface area contributed by atoms with Gasteiger partial charge in [-0.15, -0.1) is 0 Å². The van der Waals surface area contributed by atoms with E-state index in [4.69, 9.17) is 9.63 Å². The molecule has 0 radical (unpaired) electrons. The number of fused-ring (bicyclic) bond motifs is 1. The Morgan fingerprint density at radius 3 is 2.89 bits per heavy atom. The molecular formula is C12H8N2O4. The van der Waals surface area contributed by atoms with E-state index in [1.165, 1.54) is 6.07 Å². The monoisotopic (exact) mass is 244 g/mol. The predicted octanol–water partition coefficient (Wildman–Crippen LogP) is 2.23. The van der Waals surface area contributed by atoms with E-state index in [0.717, 1.165) is 16.5 Å². The smallest absolute Gasteiger partial charge is 0.374 e. The zero-order chi connectivity index (χ0) is 12.7. The normalized spacial score (nSPS) is 10.9. The molecule has 18 heavy (non-hydrogen) atoms. The van der Waals surface area contributed by atoms with Crippen LogP contribution in [-0.4, -0.2) is 26.3 Å². The number of aromatic amines is 1. The van der Waals surface area contributed by atoms with Gasteiger partial charge in [-0.3, -0.25) is 0 Å². The highest BCUT2D eigenvalue weighted by Gasteiger charge is 2.15. The molecule has 0 saturated heterocycles. The first-order valence-corrected chi connectivity index (χ1v) is 5.15. The van der Waals surface area contributed by atoms with E-state index in [1.807, 2.05) is 0 Å².